The van der Waals surface area contributed by atoms with E-state index in [2.05, 4.69) is 42.0 Å². The zero-order valence-corrected chi connectivity index (χ0v) is 18.8. The molecule has 0 bridgehead atoms. The maximum atomic E-state index is 12.0. The number of amides is 2. The largest absolute Gasteiger partial charge is 0.368 e. The molecular formula is C22H20BrClN6O. The molecule has 9 heteroatoms. The van der Waals surface area contributed by atoms with Crippen LogP contribution in [0.25, 0.3) is 16.9 Å². The fourth-order valence-electron chi connectivity index (χ4n) is 3.08. The van der Waals surface area contributed by atoms with Gasteiger partial charge in [0.05, 0.1) is 16.4 Å². The first-order valence-electron chi connectivity index (χ1n) is 9.70. The topological polar surface area (TPSA) is 83.3 Å². The lowest BCUT2D eigenvalue weighted by Gasteiger charge is -2.12. The first-order valence-corrected chi connectivity index (χ1v) is 10.9. The van der Waals surface area contributed by atoms with E-state index < -0.39 is 0 Å². The van der Waals surface area contributed by atoms with Crippen molar-refractivity contribution in [1.29, 1.82) is 0 Å². The number of carbonyl (C=O) groups excluding carboxylic acids is 1. The van der Waals surface area contributed by atoms with Crippen molar-refractivity contribution in [2.75, 3.05) is 18.4 Å². The summed E-state index contributed by atoms with van der Waals surface area (Å²) in [6.07, 6.45) is 1.69. The van der Waals surface area contributed by atoms with Crippen molar-refractivity contribution in [2.45, 2.75) is 6.54 Å². The van der Waals surface area contributed by atoms with Crippen molar-refractivity contribution in [3.05, 3.63) is 81.9 Å². The van der Waals surface area contributed by atoms with E-state index in [-0.39, 0.29) is 6.03 Å². The number of anilines is 1. The summed E-state index contributed by atoms with van der Waals surface area (Å²) in [7, 11) is 0. The van der Waals surface area contributed by atoms with Gasteiger partial charge in [-0.1, -0.05) is 60.1 Å². The predicted molar refractivity (Wildman–Crippen MR) is 126 cm³/mol. The highest BCUT2D eigenvalue weighted by molar-refractivity contribution is 9.10. The molecule has 3 N–H and O–H groups in total. The van der Waals surface area contributed by atoms with Crippen molar-refractivity contribution in [3.63, 3.8) is 0 Å². The predicted octanol–water partition coefficient (Wildman–Crippen LogP) is 4.72. The van der Waals surface area contributed by atoms with E-state index in [0.717, 1.165) is 27.1 Å². The highest BCUT2D eigenvalue weighted by atomic mass is 79.9. The Morgan fingerprint density at radius 3 is 2.61 bits per heavy atom. The summed E-state index contributed by atoms with van der Waals surface area (Å²) >= 11 is 9.85. The fraction of sp³-hybridized carbons (Fsp3) is 0.136. The molecule has 4 rings (SSSR count). The van der Waals surface area contributed by atoms with Gasteiger partial charge in [0.25, 0.3) is 0 Å². The van der Waals surface area contributed by atoms with E-state index in [1.165, 1.54) is 0 Å². The van der Waals surface area contributed by atoms with Gasteiger partial charge in [-0.25, -0.2) is 9.78 Å². The summed E-state index contributed by atoms with van der Waals surface area (Å²) in [6, 6.07) is 19.0. The number of hydrogen-bond acceptors (Lipinski definition) is 4. The lowest BCUT2D eigenvalue weighted by atomic mass is 10.1. The van der Waals surface area contributed by atoms with Gasteiger partial charge in [-0.05, 0) is 27.6 Å². The number of carbonyl (C=O) groups is 1. The quantitative estimate of drug-likeness (QED) is 0.321. The van der Waals surface area contributed by atoms with E-state index in [4.69, 9.17) is 11.6 Å². The van der Waals surface area contributed by atoms with Gasteiger partial charge in [-0.15, -0.1) is 0 Å². The second-order valence-electron chi connectivity index (χ2n) is 6.76. The maximum absolute atomic E-state index is 12.0. The number of nitrogens with zero attached hydrogens (tertiary/aromatic N) is 3. The number of aromatic nitrogens is 3. The molecule has 31 heavy (non-hydrogen) atoms. The Hall–Kier alpha value is -3.10. The number of fused-ring (bicyclic) bond motifs is 1. The van der Waals surface area contributed by atoms with Gasteiger partial charge in [0, 0.05) is 36.3 Å². The highest BCUT2D eigenvalue weighted by Crippen LogP contribution is 2.30. The Morgan fingerprint density at radius 2 is 1.81 bits per heavy atom. The third-order valence-electron chi connectivity index (χ3n) is 4.59. The van der Waals surface area contributed by atoms with Crippen LogP contribution in [0.15, 0.2) is 71.3 Å². The van der Waals surface area contributed by atoms with Crippen molar-refractivity contribution >= 4 is 45.0 Å². The second kappa shape index (κ2) is 9.80. The zero-order valence-electron chi connectivity index (χ0n) is 16.5. The minimum atomic E-state index is -0.218. The maximum Gasteiger partial charge on any atom is 0.315 e. The fourth-order valence-corrected chi connectivity index (χ4v) is 3.66. The minimum Gasteiger partial charge on any atom is -0.368 e. The Balaban J connectivity index is 1.40. The first kappa shape index (κ1) is 21.1. The van der Waals surface area contributed by atoms with Crippen LogP contribution in [-0.2, 0) is 6.54 Å². The van der Waals surface area contributed by atoms with Gasteiger partial charge in [-0.3, -0.25) is 0 Å². The average molecular weight is 500 g/mol. The second-order valence-corrected chi connectivity index (χ2v) is 8.02. The monoisotopic (exact) mass is 498 g/mol. The lowest BCUT2D eigenvalue weighted by molar-refractivity contribution is 0.241. The molecule has 0 spiro atoms. The van der Waals surface area contributed by atoms with E-state index >= 15 is 0 Å². The number of nitrogens with one attached hydrogen (secondary N) is 3. The van der Waals surface area contributed by atoms with Crippen LogP contribution in [0, 0.1) is 0 Å². The van der Waals surface area contributed by atoms with Gasteiger partial charge in [0.15, 0.2) is 5.65 Å². The number of halogens is 2. The van der Waals surface area contributed by atoms with Gasteiger partial charge >= 0.3 is 6.03 Å². The zero-order chi connectivity index (χ0) is 21.6. The van der Waals surface area contributed by atoms with Crippen LogP contribution >= 0.6 is 27.5 Å². The van der Waals surface area contributed by atoms with Gasteiger partial charge < -0.3 is 16.0 Å². The molecule has 2 aromatic carbocycles. The molecule has 0 fully saturated rings. The third kappa shape index (κ3) is 5.15. The summed E-state index contributed by atoms with van der Waals surface area (Å²) in [6.45, 7) is 1.43. The molecule has 0 saturated heterocycles. The molecule has 2 heterocycles. The smallest absolute Gasteiger partial charge is 0.315 e. The van der Waals surface area contributed by atoms with Crippen LogP contribution < -0.4 is 16.0 Å². The minimum absolute atomic E-state index is 0.218. The molecule has 0 aliphatic heterocycles. The number of rotatable bonds is 7. The standard InChI is InChI=1S/C22H20BrClN6O/c23-17-14-28-30-20(12-19(29-21(17)30)16-8-4-5-9-18(16)24)25-10-11-26-22(31)27-13-15-6-2-1-3-7-15/h1-9,12,14,25H,10-11,13H2,(H2,26,27,31). The van der Waals surface area contributed by atoms with Crippen molar-refractivity contribution in [2.24, 2.45) is 0 Å². The van der Waals surface area contributed by atoms with E-state index in [0.29, 0.717) is 30.3 Å². The number of benzene rings is 2. The molecular weight excluding hydrogens is 480 g/mol. The summed E-state index contributed by atoms with van der Waals surface area (Å²) in [5.41, 5.74) is 3.29. The average Bonchev–Trinajstić information content (AvgIpc) is 3.17. The third-order valence-corrected chi connectivity index (χ3v) is 5.48. The van der Waals surface area contributed by atoms with Crippen LogP contribution in [0.2, 0.25) is 5.02 Å². The van der Waals surface area contributed by atoms with Crippen molar-refractivity contribution < 1.29 is 4.79 Å². The Bertz CT molecular complexity index is 1200. The molecule has 0 radical (unpaired) electrons. The molecule has 0 unspecified atom stereocenters. The molecule has 0 atom stereocenters. The summed E-state index contributed by atoms with van der Waals surface area (Å²) < 4.78 is 2.49. The van der Waals surface area contributed by atoms with Crippen LogP contribution in [0.3, 0.4) is 0 Å². The SMILES string of the molecule is O=C(NCCNc1cc(-c2ccccc2Cl)nc2c(Br)cnn12)NCc1ccccc1. The normalized spacial score (nSPS) is 10.8. The lowest BCUT2D eigenvalue weighted by Crippen LogP contribution is -2.37. The Morgan fingerprint density at radius 1 is 1.03 bits per heavy atom. The van der Waals surface area contributed by atoms with Crippen LogP contribution in [0.4, 0.5) is 10.6 Å². The molecule has 0 aliphatic carbocycles. The van der Waals surface area contributed by atoms with Crippen LogP contribution in [-0.4, -0.2) is 33.7 Å². The Labute approximate surface area is 193 Å². The highest BCUT2D eigenvalue weighted by Gasteiger charge is 2.13. The van der Waals surface area contributed by atoms with Gasteiger partial charge in [0.1, 0.15) is 5.82 Å². The van der Waals surface area contributed by atoms with Crippen molar-refractivity contribution in [3.8, 4) is 11.3 Å². The summed E-state index contributed by atoms with van der Waals surface area (Å²) in [5.74, 6) is 0.747. The van der Waals surface area contributed by atoms with E-state index in [1.54, 1.807) is 10.7 Å². The van der Waals surface area contributed by atoms with Crippen LogP contribution in [0.5, 0.6) is 0 Å². The van der Waals surface area contributed by atoms with Gasteiger partial charge in [0.2, 0.25) is 0 Å². The molecule has 0 saturated carbocycles. The van der Waals surface area contributed by atoms with E-state index in [1.807, 2.05) is 60.7 Å². The molecule has 4 aromatic rings. The molecule has 0 aliphatic rings. The van der Waals surface area contributed by atoms with Crippen LogP contribution in [0.1, 0.15) is 5.56 Å². The molecule has 2 amide bonds. The van der Waals surface area contributed by atoms with E-state index in [9.17, 15) is 4.79 Å². The summed E-state index contributed by atoms with van der Waals surface area (Å²) in [5, 5.41) is 14.0. The molecule has 7 nitrogen and oxygen atoms in total. The Kier molecular flexibility index (Phi) is 6.69. The summed E-state index contributed by atoms with van der Waals surface area (Å²) in [4.78, 5) is 16.7. The number of hydrogen-bond donors (Lipinski definition) is 3. The molecule has 2 aromatic heterocycles. The number of urea groups is 1. The van der Waals surface area contributed by atoms with Gasteiger partial charge in [-0.2, -0.15) is 9.61 Å². The first-order chi connectivity index (χ1) is 15.1. The molecule has 158 valence electrons. The van der Waals surface area contributed by atoms with Crippen molar-refractivity contribution in [1.82, 2.24) is 25.2 Å².